The Hall–Kier alpha value is -2.42. The standard InChI is InChI=1S/C18H14ClN5OS2/c1-24-17(13-9-26-14-5-3-2-4-12(13)14)22-23-18(24)27-10-16(25)21-15-7-6-11(19)8-20-15/h2-9H,10H2,1H3,(H,20,21,25). The average molecular weight is 416 g/mol. The van der Waals surface area contributed by atoms with Crippen LogP contribution in [0.5, 0.6) is 0 Å². The number of nitrogens with one attached hydrogen (secondary N) is 1. The summed E-state index contributed by atoms with van der Waals surface area (Å²) in [6, 6.07) is 11.5. The largest absolute Gasteiger partial charge is 0.310 e. The third-order valence-corrected chi connectivity index (χ3v) is 6.09. The smallest absolute Gasteiger partial charge is 0.236 e. The zero-order chi connectivity index (χ0) is 18.8. The predicted octanol–water partition coefficient (Wildman–Crippen LogP) is 4.48. The molecule has 1 aromatic carbocycles. The first kappa shape index (κ1) is 18.0. The van der Waals surface area contributed by atoms with Crippen LogP contribution < -0.4 is 5.32 Å². The van der Waals surface area contributed by atoms with E-state index in [4.69, 9.17) is 11.6 Å². The first-order chi connectivity index (χ1) is 13.1. The highest BCUT2D eigenvalue weighted by Gasteiger charge is 2.16. The van der Waals surface area contributed by atoms with Crippen molar-refractivity contribution >= 4 is 56.5 Å². The molecular weight excluding hydrogens is 402 g/mol. The van der Waals surface area contributed by atoms with Crippen LogP contribution in [0.1, 0.15) is 0 Å². The number of nitrogens with zero attached hydrogens (tertiary/aromatic N) is 4. The van der Waals surface area contributed by atoms with Crippen molar-refractivity contribution in [2.24, 2.45) is 7.05 Å². The Balaban J connectivity index is 1.46. The lowest BCUT2D eigenvalue weighted by molar-refractivity contribution is -0.113. The van der Waals surface area contributed by atoms with E-state index in [0.29, 0.717) is 16.0 Å². The molecule has 6 nitrogen and oxygen atoms in total. The van der Waals surface area contributed by atoms with Gasteiger partial charge in [-0.15, -0.1) is 21.5 Å². The molecule has 3 heterocycles. The number of amides is 1. The van der Waals surface area contributed by atoms with Gasteiger partial charge in [-0.1, -0.05) is 41.6 Å². The van der Waals surface area contributed by atoms with Crippen molar-refractivity contribution < 1.29 is 4.79 Å². The van der Waals surface area contributed by atoms with E-state index in [9.17, 15) is 4.79 Å². The normalized spacial score (nSPS) is 11.0. The highest BCUT2D eigenvalue weighted by Crippen LogP contribution is 2.33. The summed E-state index contributed by atoms with van der Waals surface area (Å²) in [4.78, 5) is 16.2. The molecular formula is C18H14ClN5OS2. The lowest BCUT2D eigenvalue weighted by Gasteiger charge is -2.05. The summed E-state index contributed by atoms with van der Waals surface area (Å²) < 4.78 is 3.12. The van der Waals surface area contributed by atoms with E-state index < -0.39 is 0 Å². The Morgan fingerprint density at radius 1 is 1.26 bits per heavy atom. The number of rotatable bonds is 5. The molecule has 1 amide bonds. The third-order valence-electron chi connectivity index (χ3n) is 3.88. The van der Waals surface area contributed by atoms with E-state index in [-0.39, 0.29) is 11.7 Å². The molecule has 3 aromatic heterocycles. The molecule has 0 atom stereocenters. The number of pyridine rings is 1. The van der Waals surface area contributed by atoms with Crippen LogP contribution in [-0.4, -0.2) is 31.4 Å². The van der Waals surface area contributed by atoms with Crippen molar-refractivity contribution in [2.45, 2.75) is 5.16 Å². The fourth-order valence-corrected chi connectivity index (χ4v) is 4.35. The number of hydrogen-bond donors (Lipinski definition) is 1. The van der Waals surface area contributed by atoms with E-state index in [1.807, 2.05) is 23.7 Å². The molecule has 0 saturated heterocycles. The molecule has 0 aliphatic rings. The maximum absolute atomic E-state index is 12.1. The van der Waals surface area contributed by atoms with E-state index in [2.05, 4.69) is 38.0 Å². The minimum Gasteiger partial charge on any atom is -0.310 e. The van der Waals surface area contributed by atoms with Crippen molar-refractivity contribution in [3.63, 3.8) is 0 Å². The maximum Gasteiger partial charge on any atom is 0.236 e. The highest BCUT2D eigenvalue weighted by atomic mass is 35.5. The number of carbonyl (C=O) groups excluding carboxylic acids is 1. The number of thioether (sulfide) groups is 1. The van der Waals surface area contributed by atoms with E-state index in [1.54, 1.807) is 23.5 Å². The molecule has 0 aliphatic carbocycles. The van der Waals surface area contributed by atoms with E-state index in [1.165, 1.54) is 22.7 Å². The molecule has 0 radical (unpaired) electrons. The Morgan fingerprint density at radius 2 is 2.11 bits per heavy atom. The lowest BCUT2D eigenvalue weighted by atomic mass is 10.2. The summed E-state index contributed by atoms with van der Waals surface area (Å²) in [6.45, 7) is 0. The Labute approximate surface area is 168 Å². The molecule has 9 heteroatoms. The maximum atomic E-state index is 12.1. The minimum absolute atomic E-state index is 0.166. The molecule has 4 rings (SSSR count). The lowest BCUT2D eigenvalue weighted by Crippen LogP contribution is -2.15. The summed E-state index contributed by atoms with van der Waals surface area (Å²) in [7, 11) is 1.91. The number of carbonyl (C=O) groups is 1. The van der Waals surface area contributed by atoms with Gasteiger partial charge in [-0.3, -0.25) is 4.79 Å². The van der Waals surface area contributed by atoms with Crippen molar-refractivity contribution in [3.05, 3.63) is 53.0 Å². The summed E-state index contributed by atoms with van der Waals surface area (Å²) >= 11 is 8.80. The molecule has 1 N–H and O–H groups in total. The summed E-state index contributed by atoms with van der Waals surface area (Å²) in [5, 5.41) is 15.7. The first-order valence-corrected chi connectivity index (χ1v) is 10.3. The highest BCUT2D eigenvalue weighted by molar-refractivity contribution is 7.99. The number of halogens is 1. The van der Waals surface area contributed by atoms with Crippen molar-refractivity contribution in [2.75, 3.05) is 11.1 Å². The van der Waals surface area contributed by atoms with Gasteiger partial charge < -0.3 is 9.88 Å². The molecule has 0 unspecified atom stereocenters. The molecule has 0 fully saturated rings. The van der Waals surface area contributed by atoms with E-state index in [0.717, 1.165) is 16.8 Å². The van der Waals surface area contributed by atoms with Crippen molar-refractivity contribution in [3.8, 4) is 11.4 Å². The van der Waals surface area contributed by atoms with Crippen LogP contribution in [0.2, 0.25) is 5.02 Å². The monoisotopic (exact) mass is 415 g/mol. The van der Waals surface area contributed by atoms with Crippen LogP contribution in [0.4, 0.5) is 5.82 Å². The minimum atomic E-state index is -0.166. The zero-order valence-corrected chi connectivity index (χ0v) is 16.6. The number of benzene rings is 1. The van der Waals surface area contributed by atoms with Gasteiger partial charge in [-0.05, 0) is 18.2 Å². The van der Waals surface area contributed by atoms with Gasteiger partial charge in [0, 0.05) is 34.3 Å². The quantitative estimate of drug-likeness (QED) is 0.486. The van der Waals surface area contributed by atoms with Gasteiger partial charge in [0.2, 0.25) is 5.91 Å². The Kier molecular flexibility index (Phi) is 5.11. The third kappa shape index (κ3) is 3.83. The molecule has 27 heavy (non-hydrogen) atoms. The van der Waals surface area contributed by atoms with Gasteiger partial charge in [0.05, 0.1) is 10.8 Å². The first-order valence-electron chi connectivity index (χ1n) is 8.02. The second kappa shape index (κ2) is 7.67. The molecule has 0 spiro atoms. The van der Waals surface area contributed by atoms with Gasteiger partial charge in [0.15, 0.2) is 11.0 Å². The number of hydrogen-bond acceptors (Lipinski definition) is 6. The van der Waals surface area contributed by atoms with Crippen LogP contribution >= 0.6 is 34.7 Å². The van der Waals surface area contributed by atoms with Gasteiger partial charge in [0.25, 0.3) is 0 Å². The predicted molar refractivity (Wildman–Crippen MR) is 110 cm³/mol. The Bertz CT molecular complexity index is 1110. The average Bonchev–Trinajstić information content (AvgIpc) is 3.25. The van der Waals surface area contributed by atoms with Crippen molar-refractivity contribution in [1.82, 2.24) is 19.7 Å². The molecule has 0 bridgehead atoms. The fourth-order valence-electron chi connectivity index (χ4n) is 2.58. The SMILES string of the molecule is Cn1c(SCC(=O)Nc2ccc(Cl)cn2)nnc1-c1csc2ccccc12. The molecule has 0 aliphatic heterocycles. The van der Waals surface area contributed by atoms with Crippen LogP contribution in [0.15, 0.2) is 53.1 Å². The van der Waals surface area contributed by atoms with Gasteiger partial charge >= 0.3 is 0 Å². The van der Waals surface area contributed by atoms with Crippen LogP contribution in [0.3, 0.4) is 0 Å². The van der Waals surface area contributed by atoms with Gasteiger partial charge in [-0.25, -0.2) is 4.98 Å². The van der Waals surface area contributed by atoms with E-state index >= 15 is 0 Å². The van der Waals surface area contributed by atoms with Gasteiger partial charge in [-0.2, -0.15) is 0 Å². The number of thiophene rings is 1. The second-order valence-corrected chi connectivity index (χ2v) is 8.00. The zero-order valence-electron chi connectivity index (χ0n) is 14.2. The number of fused-ring (bicyclic) bond motifs is 1. The Morgan fingerprint density at radius 3 is 2.93 bits per heavy atom. The molecule has 4 aromatic rings. The summed E-state index contributed by atoms with van der Waals surface area (Å²) in [5.41, 5.74) is 1.05. The van der Waals surface area contributed by atoms with Crippen LogP contribution in [0.25, 0.3) is 21.5 Å². The molecule has 0 saturated carbocycles. The van der Waals surface area contributed by atoms with Crippen molar-refractivity contribution in [1.29, 1.82) is 0 Å². The topological polar surface area (TPSA) is 72.7 Å². The summed E-state index contributed by atoms with van der Waals surface area (Å²) in [5.74, 6) is 1.30. The number of aromatic nitrogens is 4. The summed E-state index contributed by atoms with van der Waals surface area (Å²) in [6.07, 6.45) is 1.49. The van der Waals surface area contributed by atoms with Crippen LogP contribution in [-0.2, 0) is 11.8 Å². The van der Waals surface area contributed by atoms with Crippen LogP contribution in [0, 0.1) is 0 Å². The number of anilines is 1. The second-order valence-electron chi connectivity index (χ2n) is 5.71. The molecule has 136 valence electrons. The fraction of sp³-hybridized carbons (Fsp3) is 0.111. The van der Waals surface area contributed by atoms with Gasteiger partial charge in [0.1, 0.15) is 5.82 Å².